The second-order valence-electron chi connectivity index (χ2n) is 14.6. The molecule has 8 atom stereocenters. The van der Waals surface area contributed by atoms with Crippen LogP contribution in [0.25, 0.3) is 0 Å². The summed E-state index contributed by atoms with van der Waals surface area (Å²) in [5, 5.41) is 35.6. The fourth-order valence-electron chi connectivity index (χ4n) is 8.04. The van der Waals surface area contributed by atoms with Crippen molar-refractivity contribution in [1.82, 2.24) is 0 Å². The number of rotatable bonds is 5. The van der Waals surface area contributed by atoms with Crippen LogP contribution in [0.1, 0.15) is 89.7 Å². The first kappa shape index (κ1) is 32.7. The maximum Gasteiger partial charge on any atom is 0.310 e. The van der Waals surface area contributed by atoms with Crippen LogP contribution in [0.15, 0.2) is 12.1 Å². The second-order valence-corrected chi connectivity index (χ2v) is 14.6. The normalized spacial score (nSPS) is 35.8. The summed E-state index contributed by atoms with van der Waals surface area (Å²) >= 11 is 0. The second kappa shape index (κ2) is 10.2. The smallest absolute Gasteiger partial charge is 0.310 e. The lowest BCUT2D eigenvalue weighted by Crippen LogP contribution is -2.81. The van der Waals surface area contributed by atoms with Crippen LogP contribution in [0.3, 0.4) is 0 Å². The molecule has 0 aromatic heterocycles. The van der Waals surface area contributed by atoms with Gasteiger partial charge in [0.2, 0.25) is 0 Å². The van der Waals surface area contributed by atoms with Crippen molar-refractivity contribution < 1.29 is 48.8 Å². The minimum absolute atomic E-state index is 0.0880. The quantitative estimate of drug-likeness (QED) is 0.338. The summed E-state index contributed by atoms with van der Waals surface area (Å²) in [7, 11) is 0. The molecule has 0 spiro atoms. The Labute approximate surface area is 251 Å². The number of esters is 1. The van der Waals surface area contributed by atoms with Gasteiger partial charge in [0.25, 0.3) is 0 Å². The molecule has 0 amide bonds. The number of aliphatic hydroxyl groups excluding tert-OH is 1. The van der Waals surface area contributed by atoms with E-state index in [2.05, 4.69) is 0 Å². The number of ketones is 5. The van der Waals surface area contributed by atoms with Crippen molar-refractivity contribution in [2.24, 2.45) is 39.9 Å². The summed E-state index contributed by atoms with van der Waals surface area (Å²) in [5.41, 5.74) is -6.85. The highest BCUT2D eigenvalue weighted by Gasteiger charge is 2.80. The van der Waals surface area contributed by atoms with Crippen LogP contribution >= 0.6 is 0 Å². The van der Waals surface area contributed by atoms with E-state index in [9.17, 15) is 44.1 Å². The van der Waals surface area contributed by atoms with Gasteiger partial charge in [0.1, 0.15) is 17.5 Å². The zero-order valence-corrected chi connectivity index (χ0v) is 26.2. The van der Waals surface area contributed by atoms with Crippen LogP contribution in [0.5, 0.6) is 5.75 Å². The predicted octanol–water partition coefficient (Wildman–Crippen LogP) is 2.76. The number of benzene rings is 1. The Kier molecular flexibility index (Phi) is 7.72. The number of fused-ring (bicyclic) bond motifs is 3. The monoisotopic (exact) mass is 598 g/mol. The Bertz CT molecular complexity index is 1450. The Hall–Kier alpha value is -3.24. The van der Waals surface area contributed by atoms with E-state index in [-0.39, 0.29) is 29.6 Å². The number of phenolic OH excluding ortho intramolecular Hbond substituents is 1. The summed E-state index contributed by atoms with van der Waals surface area (Å²) < 4.78 is 5.31. The van der Waals surface area contributed by atoms with Gasteiger partial charge in [0.15, 0.2) is 28.7 Å². The van der Waals surface area contributed by atoms with E-state index in [0.717, 1.165) is 6.92 Å². The number of Topliss-reactive ketones (excluding diaryl/α,β-unsaturated/α-hetero) is 5. The average molecular weight is 599 g/mol. The molecule has 0 aliphatic heterocycles. The summed E-state index contributed by atoms with van der Waals surface area (Å²) in [6.45, 7) is 14.6. The topological polar surface area (TPSA) is 172 Å². The van der Waals surface area contributed by atoms with Crippen LogP contribution in [0, 0.1) is 39.9 Å². The van der Waals surface area contributed by atoms with Crippen molar-refractivity contribution in [2.45, 2.75) is 86.4 Å². The van der Waals surface area contributed by atoms with Gasteiger partial charge < -0.3 is 20.1 Å². The summed E-state index contributed by atoms with van der Waals surface area (Å²) in [4.78, 5) is 81.2. The molecule has 0 bridgehead atoms. The van der Waals surface area contributed by atoms with E-state index in [0.29, 0.717) is 5.56 Å². The first-order valence-electron chi connectivity index (χ1n) is 14.7. The zero-order valence-electron chi connectivity index (χ0n) is 26.2. The third-order valence-corrected chi connectivity index (χ3v) is 10.3. The number of aliphatic hydroxyl groups is 2. The third kappa shape index (κ3) is 4.27. The maximum absolute atomic E-state index is 14.5. The van der Waals surface area contributed by atoms with E-state index in [1.54, 1.807) is 26.8 Å². The lowest BCUT2D eigenvalue weighted by molar-refractivity contribution is -0.240. The molecule has 0 saturated heterocycles. The molecule has 3 unspecified atom stereocenters. The van der Waals surface area contributed by atoms with E-state index >= 15 is 0 Å². The first-order chi connectivity index (χ1) is 19.6. The molecule has 3 aliphatic carbocycles. The van der Waals surface area contributed by atoms with E-state index in [1.165, 1.54) is 19.9 Å². The zero-order chi connectivity index (χ0) is 32.8. The minimum atomic E-state index is -3.04. The van der Waals surface area contributed by atoms with Gasteiger partial charge in [-0.3, -0.25) is 28.8 Å². The number of carbonyl (C=O) groups excluding carboxylic acids is 6. The lowest BCUT2D eigenvalue weighted by atomic mass is 9.37. The van der Waals surface area contributed by atoms with Gasteiger partial charge in [0.05, 0.1) is 30.6 Å². The molecule has 0 radical (unpaired) electrons. The number of hydrogen-bond donors (Lipinski definition) is 3. The molecular weight excluding hydrogens is 556 g/mol. The molecule has 1 aromatic rings. The number of ether oxygens (including phenoxy) is 1. The lowest BCUT2D eigenvalue weighted by Gasteiger charge is -2.65. The van der Waals surface area contributed by atoms with Gasteiger partial charge in [-0.05, 0) is 29.7 Å². The van der Waals surface area contributed by atoms with Crippen LogP contribution in [0.2, 0.25) is 0 Å². The van der Waals surface area contributed by atoms with Gasteiger partial charge in [-0.2, -0.15) is 0 Å². The molecule has 10 heteroatoms. The summed E-state index contributed by atoms with van der Waals surface area (Å²) in [6, 6.07) is 3.03. The molecule has 0 heterocycles. The van der Waals surface area contributed by atoms with E-state index in [4.69, 9.17) is 4.74 Å². The fourth-order valence-corrected chi connectivity index (χ4v) is 8.04. The van der Waals surface area contributed by atoms with E-state index in [1.807, 2.05) is 20.8 Å². The van der Waals surface area contributed by atoms with Crippen LogP contribution in [-0.2, 0) is 35.1 Å². The molecule has 3 N–H and O–H groups in total. The molecule has 234 valence electrons. The number of hydrogen-bond acceptors (Lipinski definition) is 10. The highest BCUT2D eigenvalue weighted by molar-refractivity contribution is 6.33. The number of aromatic hydroxyl groups is 1. The summed E-state index contributed by atoms with van der Waals surface area (Å²) in [6.07, 6.45) is -2.09. The van der Waals surface area contributed by atoms with Gasteiger partial charge >= 0.3 is 5.97 Å². The third-order valence-electron chi connectivity index (χ3n) is 10.3. The largest absolute Gasteiger partial charge is 0.507 e. The average Bonchev–Trinajstić information content (AvgIpc) is 2.88. The van der Waals surface area contributed by atoms with E-state index < -0.39 is 92.8 Å². The molecular formula is C33H42O10. The Balaban J connectivity index is 1.90. The van der Waals surface area contributed by atoms with Crippen molar-refractivity contribution >= 4 is 34.9 Å². The minimum Gasteiger partial charge on any atom is -0.507 e. The van der Waals surface area contributed by atoms with Crippen molar-refractivity contribution in [3.63, 3.8) is 0 Å². The maximum atomic E-state index is 14.5. The van der Waals surface area contributed by atoms with Gasteiger partial charge in [-0.25, -0.2) is 0 Å². The molecule has 4 rings (SSSR count). The molecule has 3 aliphatic rings. The van der Waals surface area contributed by atoms with Gasteiger partial charge in [-0.15, -0.1) is 0 Å². The van der Waals surface area contributed by atoms with Gasteiger partial charge in [-0.1, -0.05) is 67.5 Å². The molecule has 2 fully saturated rings. The van der Waals surface area contributed by atoms with Crippen molar-refractivity contribution in [3.8, 4) is 5.75 Å². The Morgan fingerprint density at radius 1 is 1.05 bits per heavy atom. The molecule has 10 nitrogen and oxygen atoms in total. The SMILES string of the molecule is CC(=O)C1C(=O)C(C(C)C)[C@@]2(C)[C@H](O)[C@]3(C)C(C(=O)c4c(ccc(CC(=O)OCC(C)(C)C)c4O)[C@H]3C)C(=O)[C@@]2(O)C1=O. The van der Waals surface area contributed by atoms with Gasteiger partial charge in [0, 0.05) is 22.3 Å². The predicted molar refractivity (Wildman–Crippen MR) is 153 cm³/mol. The molecule has 43 heavy (non-hydrogen) atoms. The number of carbonyl (C=O) groups is 6. The van der Waals surface area contributed by atoms with Crippen LogP contribution < -0.4 is 0 Å². The molecule has 1 aromatic carbocycles. The van der Waals surface area contributed by atoms with Crippen molar-refractivity contribution in [1.29, 1.82) is 0 Å². The highest BCUT2D eigenvalue weighted by Crippen LogP contribution is 2.66. The highest BCUT2D eigenvalue weighted by atomic mass is 16.5. The summed E-state index contributed by atoms with van der Waals surface area (Å²) in [5.74, 6) is -12.6. The fraction of sp³-hybridized carbons (Fsp3) is 0.636. The Morgan fingerprint density at radius 2 is 1.63 bits per heavy atom. The Morgan fingerprint density at radius 3 is 2.14 bits per heavy atom. The number of phenols is 1. The van der Waals surface area contributed by atoms with Crippen LogP contribution in [0.4, 0.5) is 0 Å². The van der Waals surface area contributed by atoms with Crippen molar-refractivity contribution in [3.05, 3.63) is 28.8 Å². The molecule has 2 saturated carbocycles. The van der Waals surface area contributed by atoms with Crippen molar-refractivity contribution in [2.75, 3.05) is 6.61 Å². The van der Waals surface area contributed by atoms with Crippen LogP contribution in [-0.4, -0.2) is 68.5 Å². The standard InChI is InChI=1S/C33H42O10/c1-14(2)22-25(37)20(16(4)34)27(39)33(42)28(40)23-26(38)21-18(15(3)31(23,8)29(41)32(22,33)9)11-10-17(24(21)36)12-19(35)43-13-30(5,6)7/h10-11,14-15,20,22-23,29,36,41-42H,12-13H2,1-9H3/t15-,20?,22?,23?,29-,31+,32+,33+/m1/s1. The first-order valence-corrected chi connectivity index (χ1v) is 14.7.